The molecule has 0 N–H and O–H groups in total. The van der Waals surface area contributed by atoms with Gasteiger partial charge in [-0.2, -0.15) is 0 Å². The van der Waals surface area contributed by atoms with E-state index in [1.165, 1.54) is 42.4 Å². The van der Waals surface area contributed by atoms with Gasteiger partial charge in [-0.1, -0.05) is 171 Å². The van der Waals surface area contributed by atoms with Gasteiger partial charge in [0.1, 0.15) is 0 Å². The van der Waals surface area contributed by atoms with Gasteiger partial charge in [0.05, 0.1) is 0 Å². The van der Waals surface area contributed by atoms with E-state index < -0.39 is 0 Å². The van der Waals surface area contributed by atoms with Crippen molar-refractivity contribution in [1.29, 1.82) is 0 Å². The molecule has 0 radical (unpaired) electrons. The van der Waals surface area contributed by atoms with E-state index in [9.17, 15) is 0 Å². The molecule has 2 heterocycles. The quantitative estimate of drug-likeness (QED) is 0.172. The molecular formula is C50H35N3S. The monoisotopic (exact) mass is 709 g/mol. The highest BCUT2D eigenvalue weighted by molar-refractivity contribution is 7.26. The van der Waals surface area contributed by atoms with Gasteiger partial charge >= 0.3 is 0 Å². The van der Waals surface area contributed by atoms with Crippen molar-refractivity contribution in [2.45, 2.75) is 13.3 Å². The minimum atomic E-state index is 0.514. The van der Waals surface area contributed by atoms with Crippen molar-refractivity contribution < 1.29 is 0 Å². The van der Waals surface area contributed by atoms with Crippen LogP contribution in [0.5, 0.6) is 0 Å². The van der Waals surface area contributed by atoms with E-state index in [1.807, 2.05) is 0 Å². The molecule has 1 aliphatic carbocycles. The standard InChI is InChI=1S/C50H35N3S/c1-32-18-20-38(21-19-32)41-31-30-37-12-5-6-13-40(37)46(41)50-52-48(51-49(53-50)44-16-9-15-43-42-14-7-8-17-45(42)54-47(43)44)39-28-26-36(27-29-39)35-24-22-34(23-25-35)33-10-3-2-4-11-33/h2-18,20-32H,19H2,1H3. The maximum atomic E-state index is 5.37. The van der Waals surface area contributed by atoms with Crippen LogP contribution in [0.15, 0.2) is 176 Å². The number of hydrogen-bond acceptors (Lipinski definition) is 4. The predicted molar refractivity (Wildman–Crippen MR) is 228 cm³/mol. The fourth-order valence-electron chi connectivity index (χ4n) is 7.64. The van der Waals surface area contributed by atoms with Crippen LogP contribution in [0.2, 0.25) is 0 Å². The van der Waals surface area contributed by atoms with Crippen molar-refractivity contribution >= 4 is 47.9 Å². The molecule has 1 unspecified atom stereocenters. The molecule has 0 fully saturated rings. The molecule has 0 spiro atoms. The summed E-state index contributed by atoms with van der Waals surface area (Å²) in [5.41, 5.74) is 10.1. The normalized spacial score (nSPS) is 14.2. The lowest BCUT2D eigenvalue weighted by Gasteiger charge is -2.18. The number of thiophene rings is 1. The van der Waals surface area contributed by atoms with Gasteiger partial charge in [-0.15, -0.1) is 11.3 Å². The number of hydrogen-bond donors (Lipinski definition) is 0. The van der Waals surface area contributed by atoms with E-state index in [0.29, 0.717) is 23.4 Å². The molecule has 0 saturated carbocycles. The molecule has 3 nitrogen and oxygen atoms in total. The van der Waals surface area contributed by atoms with Gasteiger partial charge in [0.15, 0.2) is 17.5 Å². The Hall–Kier alpha value is -6.49. The van der Waals surface area contributed by atoms with Crippen LogP contribution in [-0.2, 0) is 0 Å². The summed E-state index contributed by atoms with van der Waals surface area (Å²) in [7, 11) is 0. The number of rotatable bonds is 6. The molecule has 9 aromatic rings. The molecule has 0 aliphatic heterocycles. The second kappa shape index (κ2) is 13.5. The first-order chi connectivity index (χ1) is 26.7. The van der Waals surface area contributed by atoms with Gasteiger partial charge in [-0.3, -0.25) is 0 Å². The van der Waals surface area contributed by atoms with E-state index in [2.05, 4.69) is 183 Å². The highest BCUT2D eigenvalue weighted by Gasteiger charge is 2.21. The summed E-state index contributed by atoms with van der Waals surface area (Å²) in [6.45, 7) is 2.26. The summed E-state index contributed by atoms with van der Waals surface area (Å²) in [6, 6.07) is 56.0. The molecule has 4 heteroatoms. The van der Waals surface area contributed by atoms with Crippen molar-refractivity contribution in [3.8, 4) is 56.4 Å². The van der Waals surface area contributed by atoms with Gasteiger partial charge in [-0.25, -0.2) is 15.0 Å². The summed E-state index contributed by atoms with van der Waals surface area (Å²) < 4.78 is 2.43. The van der Waals surface area contributed by atoms with Gasteiger partial charge in [0, 0.05) is 36.9 Å². The maximum absolute atomic E-state index is 5.37. The van der Waals surface area contributed by atoms with Crippen molar-refractivity contribution in [2.75, 3.05) is 0 Å². The summed E-state index contributed by atoms with van der Waals surface area (Å²) in [6.07, 6.45) is 7.91. The number of aromatic nitrogens is 3. The zero-order valence-electron chi connectivity index (χ0n) is 29.8. The van der Waals surface area contributed by atoms with E-state index in [4.69, 9.17) is 15.0 Å². The third-order valence-electron chi connectivity index (χ3n) is 10.5. The molecule has 54 heavy (non-hydrogen) atoms. The van der Waals surface area contributed by atoms with Crippen LogP contribution in [-0.4, -0.2) is 15.0 Å². The molecule has 0 saturated heterocycles. The Morgan fingerprint density at radius 2 is 1.09 bits per heavy atom. The largest absolute Gasteiger partial charge is 0.208 e. The SMILES string of the molecule is CC1C=CC(c2ccc3ccccc3c2-c2nc(-c3ccc(-c4ccc(-c5ccccc5)cc4)cc3)nc(-c3cccc4c3sc3ccccc34)n2)=CC1. The minimum Gasteiger partial charge on any atom is -0.208 e. The van der Waals surface area contributed by atoms with Gasteiger partial charge in [0.2, 0.25) is 0 Å². The Kier molecular flexibility index (Phi) is 8.04. The molecule has 7 aromatic carbocycles. The first-order valence-electron chi connectivity index (χ1n) is 18.5. The smallest absolute Gasteiger partial charge is 0.165 e. The first kappa shape index (κ1) is 32.2. The molecule has 0 bridgehead atoms. The van der Waals surface area contributed by atoms with Crippen LogP contribution >= 0.6 is 11.3 Å². The second-order valence-corrected chi connectivity index (χ2v) is 15.1. The second-order valence-electron chi connectivity index (χ2n) is 14.0. The van der Waals surface area contributed by atoms with Crippen LogP contribution < -0.4 is 0 Å². The molecule has 1 atom stereocenters. The first-order valence-corrected chi connectivity index (χ1v) is 19.3. The summed E-state index contributed by atoms with van der Waals surface area (Å²) >= 11 is 1.80. The Balaban J connectivity index is 1.15. The zero-order chi connectivity index (χ0) is 36.0. The Morgan fingerprint density at radius 3 is 1.83 bits per heavy atom. The van der Waals surface area contributed by atoms with Crippen LogP contribution in [0.25, 0.3) is 92.9 Å². The van der Waals surface area contributed by atoms with Crippen LogP contribution in [0.1, 0.15) is 18.9 Å². The lowest BCUT2D eigenvalue weighted by atomic mass is 9.89. The Morgan fingerprint density at radius 1 is 0.481 bits per heavy atom. The van der Waals surface area contributed by atoms with Gasteiger partial charge in [0.25, 0.3) is 0 Å². The third kappa shape index (κ3) is 5.82. The van der Waals surface area contributed by atoms with Crippen LogP contribution in [0.4, 0.5) is 0 Å². The van der Waals surface area contributed by atoms with Crippen LogP contribution in [0.3, 0.4) is 0 Å². The molecule has 10 rings (SSSR count). The highest BCUT2D eigenvalue weighted by atomic mass is 32.1. The predicted octanol–water partition coefficient (Wildman–Crippen LogP) is 13.7. The zero-order valence-corrected chi connectivity index (χ0v) is 30.6. The number of allylic oxidation sites excluding steroid dienone is 4. The number of benzene rings is 7. The summed E-state index contributed by atoms with van der Waals surface area (Å²) in [5.74, 6) is 2.51. The fourth-order valence-corrected chi connectivity index (χ4v) is 8.85. The van der Waals surface area contributed by atoms with Gasteiger partial charge in [-0.05, 0) is 68.6 Å². The van der Waals surface area contributed by atoms with Crippen LogP contribution in [0, 0.1) is 5.92 Å². The average Bonchev–Trinajstić information content (AvgIpc) is 3.63. The van der Waals surface area contributed by atoms with E-state index in [-0.39, 0.29) is 0 Å². The molecule has 0 amide bonds. The van der Waals surface area contributed by atoms with Crippen molar-refractivity contribution in [1.82, 2.24) is 15.0 Å². The number of fused-ring (bicyclic) bond motifs is 4. The highest BCUT2D eigenvalue weighted by Crippen LogP contribution is 2.41. The average molecular weight is 710 g/mol. The lowest BCUT2D eigenvalue weighted by molar-refractivity contribution is 0.739. The number of nitrogens with zero attached hydrogens (tertiary/aromatic N) is 3. The van der Waals surface area contributed by atoms with Crippen molar-refractivity contribution in [2.24, 2.45) is 5.92 Å². The summed E-state index contributed by atoms with van der Waals surface area (Å²) in [4.78, 5) is 15.9. The van der Waals surface area contributed by atoms with E-state index in [0.717, 1.165) is 45.0 Å². The molecule has 256 valence electrons. The van der Waals surface area contributed by atoms with E-state index >= 15 is 0 Å². The van der Waals surface area contributed by atoms with Gasteiger partial charge < -0.3 is 0 Å². The Bertz CT molecular complexity index is 2900. The maximum Gasteiger partial charge on any atom is 0.165 e. The molecule has 1 aliphatic rings. The lowest BCUT2D eigenvalue weighted by Crippen LogP contribution is -2.03. The topological polar surface area (TPSA) is 38.7 Å². The fraction of sp³-hybridized carbons (Fsp3) is 0.0600. The molecular weight excluding hydrogens is 675 g/mol. The summed E-state index contributed by atoms with van der Waals surface area (Å²) in [5, 5.41) is 4.75. The third-order valence-corrected chi connectivity index (χ3v) is 11.7. The minimum absolute atomic E-state index is 0.514. The van der Waals surface area contributed by atoms with E-state index in [1.54, 1.807) is 11.3 Å². The Labute approximate surface area is 318 Å². The van der Waals surface area contributed by atoms with Crippen molar-refractivity contribution in [3.05, 3.63) is 182 Å². The molecule has 2 aromatic heterocycles. The van der Waals surface area contributed by atoms with Crippen molar-refractivity contribution in [3.63, 3.8) is 0 Å².